The normalized spacial score (nSPS) is 10.6. The molecule has 0 saturated carbocycles. The van der Waals surface area contributed by atoms with Gasteiger partial charge >= 0.3 is 0 Å². The molecule has 0 aliphatic carbocycles. The molecule has 0 spiro atoms. The smallest absolute Gasteiger partial charge is 0.248 e. The zero-order chi connectivity index (χ0) is 12.1. The first-order valence-electron chi connectivity index (χ1n) is 5.33. The van der Waals surface area contributed by atoms with Gasteiger partial charge in [-0.25, -0.2) is 0 Å². The van der Waals surface area contributed by atoms with Crippen molar-refractivity contribution in [1.82, 2.24) is 0 Å². The first-order chi connectivity index (χ1) is 8.24. The zero-order valence-corrected chi connectivity index (χ0v) is 9.51. The number of hydrogen-bond donors (Lipinski definition) is 1. The summed E-state index contributed by atoms with van der Waals surface area (Å²) in [4.78, 5) is 11.6. The van der Waals surface area contributed by atoms with E-state index in [-0.39, 0.29) is 5.91 Å². The van der Waals surface area contributed by atoms with E-state index in [1.54, 1.807) is 24.5 Å². The molecular weight excluding hydrogens is 214 g/mol. The predicted octanol–water partition coefficient (Wildman–Crippen LogP) is 3.24. The summed E-state index contributed by atoms with van der Waals surface area (Å²) in [6, 6.07) is 11.2. The van der Waals surface area contributed by atoms with Crippen LogP contribution in [0.25, 0.3) is 6.08 Å². The fourth-order valence-electron chi connectivity index (χ4n) is 1.45. The number of carbonyl (C=O) groups excluding carboxylic acids is 1. The monoisotopic (exact) mass is 227 g/mol. The van der Waals surface area contributed by atoms with Crippen LogP contribution in [0.3, 0.4) is 0 Å². The molecule has 3 nitrogen and oxygen atoms in total. The van der Waals surface area contributed by atoms with Gasteiger partial charge in [-0.3, -0.25) is 4.79 Å². The first-order valence-corrected chi connectivity index (χ1v) is 5.33. The molecular formula is C14H13NO2. The number of anilines is 1. The van der Waals surface area contributed by atoms with Gasteiger partial charge < -0.3 is 9.73 Å². The van der Waals surface area contributed by atoms with Gasteiger partial charge in [-0.1, -0.05) is 12.1 Å². The topological polar surface area (TPSA) is 42.2 Å². The van der Waals surface area contributed by atoms with Crippen molar-refractivity contribution in [2.45, 2.75) is 6.92 Å². The van der Waals surface area contributed by atoms with Crippen molar-refractivity contribution in [3.8, 4) is 0 Å². The summed E-state index contributed by atoms with van der Waals surface area (Å²) in [5, 5.41) is 2.78. The van der Waals surface area contributed by atoms with Crippen LogP contribution in [0.5, 0.6) is 0 Å². The number of rotatable bonds is 3. The molecule has 0 unspecified atom stereocenters. The van der Waals surface area contributed by atoms with Gasteiger partial charge in [0, 0.05) is 11.8 Å². The standard InChI is InChI=1S/C14H13NO2/c1-11-4-2-5-12(10-11)15-14(16)8-7-13-6-3-9-17-13/h2-10H,1H3,(H,15,16)/b8-7+. The van der Waals surface area contributed by atoms with Crippen LogP contribution in [0.1, 0.15) is 11.3 Å². The molecule has 1 aromatic carbocycles. The Morgan fingerprint density at radius 3 is 2.88 bits per heavy atom. The van der Waals surface area contributed by atoms with Crippen LogP contribution in [0.15, 0.2) is 53.2 Å². The molecule has 0 radical (unpaired) electrons. The van der Waals surface area contributed by atoms with Crippen molar-refractivity contribution in [3.63, 3.8) is 0 Å². The number of aryl methyl sites for hydroxylation is 1. The summed E-state index contributed by atoms with van der Waals surface area (Å²) in [6.07, 6.45) is 4.64. The molecule has 0 aliphatic heterocycles. The third kappa shape index (κ3) is 3.34. The lowest BCUT2D eigenvalue weighted by Crippen LogP contribution is -2.07. The largest absolute Gasteiger partial charge is 0.465 e. The van der Waals surface area contributed by atoms with Gasteiger partial charge in [0.2, 0.25) is 5.91 Å². The average molecular weight is 227 g/mol. The Bertz CT molecular complexity index is 527. The number of furan rings is 1. The van der Waals surface area contributed by atoms with Crippen molar-refractivity contribution < 1.29 is 9.21 Å². The quantitative estimate of drug-likeness (QED) is 0.818. The zero-order valence-electron chi connectivity index (χ0n) is 9.51. The molecule has 17 heavy (non-hydrogen) atoms. The highest BCUT2D eigenvalue weighted by Gasteiger charge is 1.98. The Kier molecular flexibility index (Phi) is 3.40. The third-order valence-electron chi connectivity index (χ3n) is 2.23. The van der Waals surface area contributed by atoms with Crippen LogP contribution in [0.4, 0.5) is 5.69 Å². The molecule has 0 bridgehead atoms. The average Bonchev–Trinajstić information content (AvgIpc) is 2.79. The van der Waals surface area contributed by atoms with Crippen molar-refractivity contribution >= 4 is 17.7 Å². The molecule has 0 atom stereocenters. The summed E-state index contributed by atoms with van der Waals surface area (Å²) in [7, 11) is 0. The van der Waals surface area contributed by atoms with E-state index in [0.717, 1.165) is 11.3 Å². The second-order valence-electron chi connectivity index (χ2n) is 3.71. The summed E-state index contributed by atoms with van der Waals surface area (Å²) < 4.78 is 5.09. The van der Waals surface area contributed by atoms with Crippen molar-refractivity contribution in [3.05, 3.63) is 60.1 Å². The van der Waals surface area contributed by atoms with E-state index in [9.17, 15) is 4.79 Å². The number of benzene rings is 1. The fraction of sp³-hybridized carbons (Fsp3) is 0.0714. The van der Waals surface area contributed by atoms with E-state index in [4.69, 9.17) is 4.42 Å². The van der Waals surface area contributed by atoms with E-state index in [1.165, 1.54) is 6.08 Å². The van der Waals surface area contributed by atoms with Crippen LogP contribution >= 0.6 is 0 Å². The van der Waals surface area contributed by atoms with Crippen LogP contribution in [0, 0.1) is 6.92 Å². The second-order valence-corrected chi connectivity index (χ2v) is 3.71. The SMILES string of the molecule is Cc1cccc(NC(=O)/C=C/c2ccco2)c1. The van der Waals surface area contributed by atoms with Gasteiger partial charge in [-0.2, -0.15) is 0 Å². The minimum atomic E-state index is -0.174. The van der Waals surface area contributed by atoms with Crippen LogP contribution in [-0.2, 0) is 4.79 Å². The molecule has 2 aromatic rings. The lowest BCUT2D eigenvalue weighted by Gasteiger charge is -2.02. The van der Waals surface area contributed by atoms with E-state index in [0.29, 0.717) is 5.76 Å². The van der Waals surface area contributed by atoms with E-state index in [2.05, 4.69) is 5.32 Å². The lowest BCUT2D eigenvalue weighted by atomic mass is 10.2. The molecule has 1 aromatic heterocycles. The van der Waals surface area contributed by atoms with E-state index < -0.39 is 0 Å². The molecule has 0 aliphatic rings. The van der Waals surface area contributed by atoms with Crippen LogP contribution in [-0.4, -0.2) is 5.91 Å². The summed E-state index contributed by atoms with van der Waals surface area (Å²) in [6.45, 7) is 1.98. The first kappa shape index (κ1) is 11.2. The fourth-order valence-corrected chi connectivity index (χ4v) is 1.45. The minimum absolute atomic E-state index is 0.174. The molecule has 1 heterocycles. The Hall–Kier alpha value is -2.29. The van der Waals surface area contributed by atoms with Gasteiger partial charge in [0.15, 0.2) is 0 Å². The number of carbonyl (C=O) groups is 1. The van der Waals surface area contributed by atoms with Crippen molar-refractivity contribution in [2.24, 2.45) is 0 Å². The summed E-state index contributed by atoms with van der Waals surface area (Å²) in [5.41, 5.74) is 1.90. The van der Waals surface area contributed by atoms with Crippen LogP contribution < -0.4 is 5.32 Å². The van der Waals surface area contributed by atoms with Crippen molar-refractivity contribution in [1.29, 1.82) is 0 Å². The Labute approximate surface area is 99.8 Å². The van der Waals surface area contributed by atoms with Gasteiger partial charge in [0.25, 0.3) is 0 Å². The second kappa shape index (κ2) is 5.16. The predicted molar refractivity (Wildman–Crippen MR) is 67.6 cm³/mol. The van der Waals surface area contributed by atoms with E-state index >= 15 is 0 Å². The molecule has 1 N–H and O–H groups in total. The van der Waals surface area contributed by atoms with Crippen molar-refractivity contribution in [2.75, 3.05) is 5.32 Å². The Morgan fingerprint density at radius 2 is 2.18 bits per heavy atom. The van der Waals surface area contributed by atoms with E-state index in [1.807, 2.05) is 31.2 Å². The number of hydrogen-bond acceptors (Lipinski definition) is 2. The lowest BCUT2D eigenvalue weighted by molar-refractivity contribution is -0.111. The van der Waals surface area contributed by atoms with Gasteiger partial charge in [-0.15, -0.1) is 0 Å². The van der Waals surface area contributed by atoms with Gasteiger partial charge in [-0.05, 0) is 42.8 Å². The maximum atomic E-state index is 11.6. The molecule has 1 amide bonds. The highest BCUT2D eigenvalue weighted by Crippen LogP contribution is 2.09. The maximum absolute atomic E-state index is 11.6. The minimum Gasteiger partial charge on any atom is -0.465 e. The molecule has 3 heteroatoms. The van der Waals surface area contributed by atoms with Gasteiger partial charge in [0.05, 0.1) is 6.26 Å². The summed E-state index contributed by atoms with van der Waals surface area (Å²) >= 11 is 0. The maximum Gasteiger partial charge on any atom is 0.248 e. The highest BCUT2D eigenvalue weighted by molar-refractivity contribution is 6.01. The molecule has 0 saturated heterocycles. The number of nitrogens with one attached hydrogen (secondary N) is 1. The third-order valence-corrected chi connectivity index (χ3v) is 2.23. The molecule has 86 valence electrons. The molecule has 2 rings (SSSR count). The molecule has 0 fully saturated rings. The highest BCUT2D eigenvalue weighted by atomic mass is 16.3. The van der Waals surface area contributed by atoms with Crippen LogP contribution in [0.2, 0.25) is 0 Å². The Balaban J connectivity index is 1.98. The Morgan fingerprint density at radius 1 is 1.29 bits per heavy atom. The van der Waals surface area contributed by atoms with Gasteiger partial charge in [0.1, 0.15) is 5.76 Å². The summed E-state index contributed by atoms with van der Waals surface area (Å²) in [5.74, 6) is 0.483. The number of amides is 1.